The largest absolute Gasteiger partial charge is 0.469 e. The van der Waals surface area contributed by atoms with Crippen LogP contribution in [-0.2, 0) is 31.9 Å². The van der Waals surface area contributed by atoms with Crippen LogP contribution in [-0.4, -0.2) is 35.9 Å². The Morgan fingerprint density at radius 2 is 2.08 bits per heavy atom. The molecule has 0 amide bonds. The second-order valence-corrected chi connectivity index (χ2v) is 6.94. The number of methoxy groups -OCH3 is 1. The van der Waals surface area contributed by atoms with Crippen molar-refractivity contribution in [3.8, 4) is 0 Å². The molecule has 2 unspecified atom stereocenters. The molecule has 0 saturated heterocycles. The molecule has 0 fully saturated rings. The van der Waals surface area contributed by atoms with Gasteiger partial charge >= 0.3 is 11.9 Å². The Hall–Kier alpha value is -2.11. The molecule has 136 valence electrons. The molecule has 6 heteroatoms. The van der Waals surface area contributed by atoms with Crippen LogP contribution in [0.3, 0.4) is 0 Å². The van der Waals surface area contributed by atoms with Gasteiger partial charge in [0.05, 0.1) is 31.2 Å². The van der Waals surface area contributed by atoms with Gasteiger partial charge in [0.1, 0.15) is 0 Å². The van der Waals surface area contributed by atoms with Gasteiger partial charge in [-0.25, -0.2) is 0 Å². The van der Waals surface area contributed by atoms with E-state index in [0.717, 1.165) is 37.1 Å². The van der Waals surface area contributed by atoms with Crippen LogP contribution >= 0.6 is 0 Å². The smallest absolute Gasteiger partial charge is 0.309 e. The summed E-state index contributed by atoms with van der Waals surface area (Å²) in [5.74, 6) is -0.262. The molecule has 0 bridgehead atoms. The third-order valence-electron chi connectivity index (χ3n) is 5.40. The van der Waals surface area contributed by atoms with E-state index in [0.29, 0.717) is 13.0 Å². The summed E-state index contributed by atoms with van der Waals surface area (Å²) in [6.45, 7) is 4.32. The quantitative estimate of drug-likeness (QED) is 0.848. The summed E-state index contributed by atoms with van der Waals surface area (Å²) in [5, 5.41) is 7.63. The van der Waals surface area contributed by atoms with Crippen molar-refractivity contribution in [1.29, 1.82) is 0 Å². The van der Waals surface area contributed by atoms with Crippen LogP contribution in [0.1, 0.15) is 50.1 Å². The first-order chi connectivity index (χ1) is 12.0. The Morgan fingerprint density at radius 1 is 1.28 bits per heavy atom. The first-order valence-corrected chi connectivity index (χ1v) is 9.06. The van der Waals surface area contributed by atoms with Crippen LogP contribution in [0.25, 0.3) is 5.57 Å². The van der Waals surface area contributed by atoms with Crippen molar-refractivity contribution >= 4 is 17.5 Å². The molecule has 0 saturated carbocycles. The van der Waals surface area contributed by atoms with Gasteiger partial charge in [-0.15, -0.1) is 0 Å². The lowest BCUT2D eigenvalue weighted by molar-refractivity contribution is -0.149. The molecule has 1 N–H and O–H groups in total. The van der Waals surface area contributed by atoms with Gasteiger partial charge in [0.2, 0.25) is 0 Å². The van der Waals surface area contributed by atoms with E-state index in [4.69, 9.17) is 9.47 Å². The number of rotatable bonds is 4. The van der Waals surface area contributed by atoms with Crippen LogP contribution in [0.15, 0.2) is 6.08 Å². The summed E-state index contributed by atoms with van der Waals surface area (Å²) in [4.78, 5) is 23.8. The van der Waals surface area contributed by atoms with Gasteiger partial charge in [-0.2, -0.15) is 5.10 Å². The minimum absolute atomic E-state index is 0.0674. The van der Waals surface area contributed by atoms with Crippen molar-refractivity contribution in [3.63, 3.8) is 0 Å². The van der Waals surface area contributed by atoms with E-state index in [2.05, 4.69) is 23.2 Å². The zero-order valence-corrected chi connectivity index (χ0v) is 15.1. The third kappa shape index (κ3) is 3.48. The zero-order valence-electron chi connectivity index (χ0n) is 15.1. The number of carbonyl (C=O) groups excluding carboxylic acids is 2. The summed E-state index contributed by atoms with van der Waals surface area (Å²) in [6.07, 6.45) is 6.05. The van der Waals surface area contributed by atoms with Crippen LogP contribution in [0, 0.1) is 17.8 Å². The Bertz CT molecular complexity index is 692. The molecule has 2 aliphatic carbocycles. The summed E-state index contributed by atoms with van der Waals surface area (Å²) in [7, 11) is 1.43. The Labute approximate surface area is 148 Å². The number of fused-ring (bicyclic) bond motifs is 1. The van der Waals surface area contributed by atoms with Crippen molar-refractivity contribution in [2.75, 3.05) is 13.7 Å². The molecule has 3 rings (SSSR count). The van der Waals surface area contributed by atoms with Crippen molar-refractivity contribution in [3.05, 3.63) is 23.0 Å². The fourth-order valence-corrected chi connectivity index (χ4v) is 4.01. The van der Waals surface area contributed by atoms with Gasteiger partial charge in [-0.1, -0.05) is 13.0 Å². The molecular weight excluding hydrogens is 320 g/mol. The van der Waals surface area contributed by atoms with E-state index in [1.54, 1.807) is 0 Å². The van der Waals surface area contributed by atoms with E-state index in [1.807, 2.05) is 6.92 Å². The molecule has 0 spiro atoms. The molecule has 6 nitrogen and oxygen atoms in total. The SMILES string of the molecule is CCOC(=O)C1CCC(c2n[nH]c3c2CCC(C(=O)OC)C3)=C[C@@H]1C. The zero-order chi connectivity index (χ0) is 18.0. The molecule has 25 heavy (non-hydrogen) atoms. The van der Waals surface area contributed by atoms with Crippen LogP contribution in [0.2, 0.25) is 0 Å². The molecular formula is C19H26N2O4. The van der Waals surface area contributed by atoms with Crippen LogP contribution in [0.4, 0.5) is 0 Å². The predicted molar refractivity (Wildman–Crippen MR) is 92.6 cm³/mol. The summed E-state index contributed by atoms with van der Waals surface area (Å²) >= 11 is 0. The predicted octanol–water partition coefficient (Wildman–Crippen LogP) is 2.68. The lowest BCUT2D eigenvalue weighted by Gasteiger charge is -2.26. The molecule has 0 aliphatic heterocycles. The average Bonchev–Trinajstić information content (AvgIpc) is 3.04. The second kappa shape index (κ2) is 7.42. The number of aromatic nitrogens is 2. The van der Waals surface area contributed by atoms with Gasteiger partial charge in [0.25, 0.3) is 0 Å². The van der Waals surface area contributed by atoms with Crippen LogP contribution < -0.4 is 0 Å². The number of H-pyrrole nitrogens is 1. The van der Waals surface area contributed by atoms with Crippen LogP contribution in [0.5, 0.6) is 0 Å². The van der Waals surface area contributed by atoms with Gasteiger partial charge in [-0.05, 0) is 44.1 Å². The Balaban J connectivity index is 1.77. The number of hydrogen-bond acceptors (Lipinski definition) is 5. The highest BCUT2D eigenvalue weighted by Crippen LogP contribution is 2.37. The number of aromatic amines is 1. The normalized spacial score (nSPS) is 25.7. The molecule has 1 aromatic heterocycles. The monoisotopic (exact) mass is 346 g/mol. The highest BCUT2D eigenvalue weighted by Gasteiger charge is 2.33. The highest BCUT2D eigenvalue weighted by molar-refractivity contribution is 5.77. The number of nitrogens with one attached hydrogen (secondary N) is 1. The maximum Gasteiger partial charge on any atom is 0.309 e. The molecule has 3 atom stereocenters. The Morgan fingerprint density at radius 3 is 2.76 bits per heavy atom. The standard InChI is InChI=1S/C19H26N2O4/c1-4-25-19(23)14-7-5-12(9-11(14)2)17-15-8-6-13(18(22)24-3)10-16(15)20-21-17/h9,11,13-14H,4-8,10H2,1-3H3,(H,20,21)/t11-,13?,14?/m0/s1. The number of nitrogens with zero attached hydrogens (tertiary/aromatic N) is 1. The van der Waals surface area contributed by atoms with E-state index in [-0.39, 0.29) is 29.7 Å². The van der Waals surface area contributed by atoms with Crippen molar-refractivity contribution in [1.82, 2.24) is 10.2 Å². The average molecular weight is 346 g/mol. The summed E-state index contributed by atoms with van der Waals surface area (Å²) in [5.41, 5.74) is 4.46. The summed E-state index contributed by atoms with van der Waals surface area (Å²) < 4.78 is 10.0. The number of esters is 2. The summed E-state index contributed by atoms with van der Waals surface area (Å²) in [6, 6.07) is 0. The lowest BCUT2D eigenvalue weighted by atomic mass is 9.79. The maximum atomic E-state index is 12.0. The first kappa shape index (κ1) is 17.7. The highest BCUT2D eigenvalue weighted by atomic mass is 16.5. The van der Waals surface area contributed by atoms with E-state index >= 15 is 0 Å². The third-order valence-corrected chi connectivity index (χ3v) is 5.40. The minimum Gasteiger partial charge on any atom is -0.469 e. The molecule has 1 heterocycles. The molecule has 1 aromatic rings. The number of hydrogen-bond donors (Lipinski definition) is 1. The van der Waals surface area contributed by atoms with Gasteiger partial charge in [-0.3, -0.25) is 14.7 Å². The number of carbonyl (C=O) groups is 2. The Kier molecular flexibility index (Phi) is 5.25. The lowest BCUT2D eigenvalue weighted by Crippen LogP contribution is -2.26. The number of allylic oxidation sites excluding steroid dienone is 2. The van der Waals surface area contributed by atoms with Gasteiger partial charge in [0.15, 0.2) is 0 Å². The van der Waals surface area contributed by atoms with Gasteiger partial charge in [0, 0.05) is 17.7 Å². The molecule has 2 aliphatic rings. The van der Waals surface area contributed by atoms with Gasteiger partial charge < -0.3 is 9.47 Å². The topological polar surface area (TPSA) is 81.3 Å². The first-order valence-electron chi connectivity index (χ1n) is 9.06. The van der Waals surface area contributed by atoms with E-state index in [1.165, 1.54) is 18.2 Å². The van der Waals surface area contributed by atoms with Crippen molar-refractivity contribution in [2.24, 2.45) is 17.8 Å². The van der Waals surface area contributed by atoms with E-state index in [9.17, 15) is 9.59 Å². The van der Waals surface area contributed by atoms with Crippen molar-refractivity contribution < 1.29 is 19.1 Å². The molecule has 0 aromatic carbocycles. The van der Waals surface area contributed by atoms with Crippen molar-refractivity contribution in [2.45, 2.75) is 46.0 Å². The fraction of sp³-hybridized carbons (Fsp3) is 0.632. The second-order valence-electron chi connectivity index (χ2n) is 6.94. The maximum absolute atomic E-state index is 12.0. The molecule has 0 radical (unpaired) electrons. The number of ether oxygens (including phenoxy) is 2. The van der Waals surface area contributed by atoms with E-state index < -0.39 is 0 Å². The fourth-order valence-electron chi connectivity index (χ4n) is 4.01. The minimum atomic E-state index is -0.149.